The number of anilines is 1. The molecule has 0 atom stereocenters. The zero-order valence-electron chi connectivity index (χ0n) is 17.0. The number of H-pyrrole nitrogens is 1. The number of pyridine rings is 1. The van der Waals surface area contributed by atoms with Crippen LogP contribution >= 0.6 is 0 Å². The number of hydrogen-bond donors (Lipinski definition) is 2. The van der Waals surface area contributed by atoms with Gasteiger partial charge in [0.05, 0.1) is 11.9 Å². The summed E-state index contributed by atoms with van der Waals surface area (Å²) in [5, 5.41) is 13.8. The van der Waals surface area contributed by atoms with E-state index in [2.05, 4.69) is 20.5 Å². The predicted molar refractivity (Wildman–Crippen MR) is 119 cm³/mol. The van der Waals surface area contributed by atoms with E-state index in [1.54, 1.807) is 28.9 Å². The summed E-state index contributed by atoms with van der Waals surface area (Å²) >= 11 is 0. The molecular formula is C23H15FN8O. The molecule has 9 nitrogen and oxygen atoms in total. The first-order valence-corrected chi connectivity index (χ1v) is 10.1. The van der Waals surface area contributed by atoms with Crippen LogP contribution < -0.4 is 5.32 Å². The zero-order chi connectivity index (χ0) is 22.4. The van der Waals surface area contributed by atoms with Gasteiger partial charge in [0.25, 0.3) is 5.91 Å². The van der Waals surface area contributed by atoms with E-state index in [1.165, 1.54) is 18.3 Å². The summed E-state index contributed by atoms with van der Waals surface area (Å²) < 4.78 is 17.0. The SMILES string of the molecule is O=C(Nc1cn2nc(-c3c(-c4ccc(F)cc4)nc4ccccn34)ccc2n1)c1ccn[nH]1. The molecule has 2 N–H and O–H groups in total. The standard InChI is InChI=1S/C23H15FN8O/c24-15-6-4-14(5-7-15)21-22(31-12-2-1-3-19(31)28-21)16-8-9-20-26-18(13-32(20)30-16)27-23(33)17-10-11-25-29-17/h1-13H,(H,25,29)(H,27,33). The van der Waals surface area contributed by atoms with Crippen LogP contribution in [0.25, 0.3) is 33.9 Å². The van der Waals surface area contributed by atoms with Crippen molar-refractivity contribution < 1.29 is 9.18 Å². The molecule has 0 aliphatic rings. The van der Waals surface area contributed by atoms with Crippen molar-refractivity contribution in [2.45, 2.75) is 0 Å². The molecule has 0 saturated carbocycles. The number of fused-ring (bicyclic) bond motifs is 2. The molecule has 0 bridgehead atoms. The summed E-state index contributed by atoms with van der Waals surface area (Å²) in [5.41, 5.74) is 4.49. The first-order valence-electron chi connectivity index (χ1n) is 10.1. The van der Waals surface area contributed by atoms with Crippen molar-refractivity contribution in [3.05, 3.63) is 90.8 Å². The van der Waals surface area contributed by atoms with Crippen molar-refractivity contribution in [2.75, 3.05) is 5.32 Å². The van der Waals surface area contributed by atoms with Crippen molar-refractivity contribution in [3.63, 3.8) is 0 Å². The molecule has 0 radical (unpaired) electrons. The molecule has 0 aliphatic carbocycles. The van der Waals surface area contributed by atoms with Crippen LogP contribution in [0.15, 0.2) is 79.3 Å². The van der Waals surface area contributed by atoms with Gasteiger partial charge in [-0.1, -0.05) is 6.07 Å². The van der Waals surface area contributed by atoms with E-state index < -0.39 is 0 Å². The Labute approximate surface area is 185 Å². The molecular weight excluding hydrogens is 423 g/mol. The molecule has 0 aliphatic heterocycles. The van der Waals surface area contributed by atoms with E-state index in [1.807, 2.05) is 40.9 Å². The number of carbonyl (C=O) groups excluding carboxylic acids is 1. The number of rotatable bonds is 4. The number of hydrogen-bond acceptors (Lipinski definition) is 5. The van der Waals surface area contributed by atoms with Gasteiger partial charge in [0.2, 0.25) is 0 Å². The van der Waals surface area contributed by atoms with Crippen LogP contribution in [0.2, 0.25) is 0 Å². The van der Waals surface area contributed by atoms with Gasteiger partial charge in [-0.25, -0.2) is 18.9 Å². The zero-order valence-corrected chi connectivity index (χ0v) is 17.0. The van der Waals surface area contributed by atoms with Crippen molar-refractivity contribution in [1.82, 2.24) is 34.2 Å². The van der Waals surface area contributed by atoms with E-state index in [9.17, 15) is 9.18 Å². The fraction of sp³-hybridized carbons (Fsp3) is 0. The smallest absolute Gasteiger partial charge is 0.274 e. The minimum Gasteiger partial charge on any atom is -0.304 e. The van der Waals surface area contributed by atoms with Crippen molar-refractivity contribution >= 4 is 23.0 Å². The number of benzene rings is 1. The fourth-order valence-corrected chi connectivity index (χ4v) is 3.68. The Morgan fingerprint density at radius 1 is 0.970 bits per heavy atom. The summed E-state index contributed by atoms with van der Waals surface area (Å²) in [6.45, 7) is 0. The van der Waals surface area contributed by atoms with Crippen LogP contribution in [0.3, 0.4) is 0 Å². The minimum atomic E-state index is -0.350. The van der Waals surface area contributed by atoms with Crippen molar-refractivity contribution in [3.8, 4) is 22.6 Å². The highest BCUT2D eigenvalue weighted by Gasteiger charge is 2.18. The molecule has 0 fully saturated rings. The lowest BCUT2D eigenvalue weighted by atomic mass is 10.1. The Morgan fingerprint density at radius 3 is 2.67 bits per heavy atom. The van der Waals surface area contributed by atoms with Crippen LogP contribution in [-0.4, -0.2) is 40.1 Å². The molecule has 10 heteroatoms. The molecule has 6 aromatic rings. The average molecular weight is 438 g/mol. The van der Waals surface area contributed by atoms with Crippen LogP contribution in [0.4, 0.5) is 10.2 Å². The highest BCUT2D eigenvalue weighted by molar-refractivity contribution is 6.02. The number of carbonyl (C=O) groups is 1. The van der Waals surface area contributed by atoms with E-state index in [0.29, 0.717) is 28.5 Å². The quantitative estimate of drug-likeness (QED) is 0.435. The predicted octanol–water partition coefficient (Wildman–Crippen LogP) is 3.83. The van der Waals surface area contributed by atoms with Gasteiger partial charge in [-0.3, -0.25) is 14.3 Å². The number of nitrogens with zero attached hydrogens (tertiary/aromatic N) is 6. The van der Waals surface area contributed by atoms with Gasteiger partial charge < -0.3 is 5.32 Å². The molecule has 0 unspecified atom stereocenters. The Bertz CT molecular complexity index is 1620. The number of imidazole rings is 2. The number of aromatic nitrogens is 7. The summed E-state index contributed by atoms with van der Waals surface area (Å²) in [6, 6.07) is 17.1. The molecule has 1 aromatic carbocycles. The minimum absolute atomic E-state index is 0.313. The number of nitrogens with one attached hydrogen (secondary N) is 2. The van der Waals surface area contributed by atoms with E-state index >= 15 is 0 Å². The maximum atomic E-state index is 13.5. The van der Waals surface area contributed by atoms with Gasteiger partial charge in [-0.05, 0) is 54.6 Å². The summed E-state index contributed by atoms with van der Waals surface area (Å²) in [4.78, 5) is 21.4. The molecule has 1 amide bonds. The third-order valence-corrected chi connectivity index (χ3v) is 5.20. The van der Waals surface area contributed by atoms with Crippen molar-refractivity contribution in [1.29, 1.82) is 0 Å². The third kappa shape index (κ3) is 3.30. The summed E-state index contributed by atoms with van der Waals surface area (Å²) in [6.07, 6.45) is 5.04. The van der Waals surface area contributed by atoms with Gasteiger partial charge in [0, 0.05) is 18.0 Å². The van der Waals surface area contributed by atoms with Gasteiger partial charge in [-0.2, -0.15) is 10.2 Å². The van der Waals surface area contributed by atoms with Gasteiger partial charge in [0.1, 0.15) is 28.5 Å². The number of aromatic amines is 1. The van der Waals surface area contributed by atoms with Crippen LogP contribution in [0.5, 0.6) is 0 Å². The average Bonchev–Trinajstić information content (AvgIpc) is 3.57. The second-order valence-electron chi connectivity index (χ2n) is 7.32. The first-order chi connectivity index (χ1) is 16.2. The number of halogens is 1. The van der Waals surface area contributed by atoms with E-state index in [-0.39, 0.29) is 11.7 Å². The van der Waals surface area contributed by atoms with E-state index in [0.717, 1.165) is 16.9 Å². The Kier molecular flexibility index (Phi) is 4.22. The molecule has 0 spiro atoms. The lowest BCUT2D eigenvalue weighted by molar-refractivity contribution is 0.102. The maximum absolute atomic E-state index is 13.5. The molecule has 5 aromatic heterocycles. The second-order valence-corrected chi connectivity index (χ2v) is 7.32. The van der Waals surface area contributed by atoms with Crippen LogP contribution in [0.1, 0.15) is 10.5 Å². The molecule has 6 rings (SSSR count). The third-order valence-electron chi connectivity index (χ3n) is 5.20. The van der Waals surface area contributed by atoms with Gasteiger partial charge in [0.15, 0.2) is 11.5 Å². The van der Waals surface area contributed by atoms with Crippen LogP contribution in [0, 0.1) is 5.82 Å². The van der Waals surface area contributed by atoms with Gasteiger partial charge in [-0.15, -0.1) is 0 Å². The Morgan fingerprint density at radius 2 is 1.85 bits per heavy atom. The topological polar surface area (TPSA) is 105 Å². The van der Waals surface area contributed by atoms with Crippen molar-refractivity contribution in [2.24, 2.45) is 0 Å². The fourth-order valence-electron chi connectivity index (χ4n) is 3.68. The summed E-state index contributed by atoms with van der Waals surface area (Å²) in [5.74, 6) is -0.306. The highest BCUT2D eigenvalue weighted by Crippen LogP contribution is 2.32. The number of amides is 1. The maximum Gasteiger partial charge on any atom is 0.274 e. The Hall–Kier alpha value is -4.86. The largest absolute Gasteiger partial charge is 0.304 e. The normalized spacial score (nSPS) is 11.3. The second kappa shape index (κ2) is 7.38. The van der Waals surface area contributed by atoms with Crippen LogP contribution in [-0.2, 0) is 0 Å². The first kappa shape index (κ1) is 18.9. The Balaban J connectivity index is 1.45. The van der Waals surface area contributed by atoms with Gasteiger partial charge >= 0.3 is 0 Å². The van der Waals surface area contributed by atoms with E-state index in [4.69, 9.17) is 10.1 Å². The lowest BCUT2D eigenvalue weighted by Gasteiger charge is -2.05. The molecule has 5 heterocycles. The molecule has 160 valence electrons. The molecule has 33 heavy (non-hydrogen) atoms. The summed E-state index contributed by atoms with van der Waals surface area (Å²) in [7, 11) is 0. The molecule has 0 saturated heterocycles. The highest BCUT2D eigenvalue weighted by atomic mass is 19.1. The monoisotopic (exact) mass is 438 g/mol. The lowest BCUT2D eigenvalue weighted by Crippen LogP contribution is -2.12.